The van der Waals surface area contributed by atoms with E-state index in [0.29, 0.717) is 18.9 Å². The Labute approximate surface area is 116 Å². The van der Waals surface area contributed by atoms with Crippen molar-refractivity contribution in [3.63, 3.8) is 0 Å². The van der Waals surface area contributed by atoms with Gasteiger partial charge in [-0.15, -0.1) is 0 Å². The predicted octanol–water partition coefficient (Wildman–Crippen LogP) is 4.03. The molecule has 1 heterocycles. The van der Waals surface area contributed by atoms with Crippen LogP contribution in [0.2, 0.25) is 0 Å². The summed E-state index contributed by atoms with van der Waals surface area (Å²) in [5.41, 5.74) is -1.12. The molecule has 1 aliphatic rings. The lowest BCUT2D eigenvalue weighted by Gasteiger charge is -2.31. The average Bonchev–Trinajstić information content (AvgIpc) is 2.37. The van der Waals surface area contributed by atoms with E-state index < -0.39 is 30.0 Å². The van der Waals surface area contributed by atoms with Crippen molar-refractivity contribution in [1.29, 1.82) is 0 Å². The molecule has 0 aliphatic heterocycles. The van der Waals surface area contributed by atoms with Crippen LogP contribution in [-0.4, -0.2) is 22.2 Å². The average molecular weight is 313 g/mol. The van der Waals surface area contributed by atoms with Crippen LogP contribution < -0.4 is 5.32 Å². The number of rotatable bonds is 2. The maximum Gasteiger partial charge on any atom is 0.433 e. The number of alkyl halides is 6. The summed E-state index contributed by atoms with van der Waals surface area (Å²) in [7, 11) is 0. The Morgan fingerprint density at radius 2 is 1.81 bits per heavy atom. The van der Waals surface area contributed by atoms with Crippen LogP contribution in [0.1, 0.15) is 31.4 Å². The minimum absolute atomic E-state index is 0.0468. The zero-order valence-electron chi connectivity index (χ0n) is 10.8. The van der Waals surface area contributed by atoms with Gasteiger partial charge in [0, 0.05) is 12.2 Å². The SMILES string of the molecule is FC(F)(F)c1ccnc(N[C@H]2CCC[C@H](C(F)(F)F)C2)n1. The van der Waals surface area contributed by atoms with Gasteiger partial charge >= 0.3 is 12.4 Å². The predicted molar refractivity (Wildman–Crippen MR) is 62.5 cm³/mol. The lowest BCUT2D eigenvalue weighted by molar-refractivity contribution is -0.182. The van der Waals surface area contributed by atoms with Crippen molar-refractivity contribution in [3.05, 3.63) is 18.0 Å². The quantitative estimate of drug-likeness (QED) is 0.838. The summed E-state index contributed by atoms with van der Waals surface area (Å²) >= 11 is 0. The summed E-state index contributed by atoms with van der Waals surface area (Å²) in [4.78, 5) is 6.93. The number of anilines is 1. The second-order valence-electron chi connectivity index (χ2n) is 5.01. The highest BCUT2D eigenvalue weighted by Gasteiger charge is 2.42. The standard InChI is InChI=1S/C12H13F6N3/c13-11(14,15)7-2-1-3-8(6-7)20-10-19-5-4-9(21-10)12(16,17)18/h4-5,7-8H,1-3,6H2,(H,19,20,21)/t7-,8-/m0/s1. The van der Waals surface area contributed by atoms with Crippen molar-refractivity contribution in [2.45, 2.75) is 44.1 Å². The van der Waals surface area contributed by atoms with Gasteiger partial charge in [0.25, 0.3) is 0 Å². The molecule has 0 amide bonds. The molecule has 9 heteroatoms. The molecule has 0 bridgehead atoms. The highest BCUT2D eigenvalue weighted by atomic mass is 19.4. The van der Waals surface area contributed by atoms with E-state index in [9.17, 15) is 26.3 Å². The number of hydrogen-bond acceptors (Lipinski definition) is 3. The van der Waals surface area contributed by atoms with Crippen molar-refractivity contribution in [3.8, 4) is 0 Å². The molecule has 21 heavy (non-hydrogen) atoms. The van der Waals surface area contributed by atoms with E-state index in [4.69, 9.17) is 0 Å². The number of aromatic nitrogens is 2. The first-order valence-corrected chi connectivity index (χ1v) is 6.40. The summed E-state index contributed by atoms with van der Waals surface area (Å²) < 4.78 is 75.5. The number of hydrogen-bond donors (Lipinski definition) is 1. The van der Waals surface area contributed by atoms with Gasteiger partial charge < -0.3 is 5.32 Å². The number of halogens is 6. The highest BCUT2D eigenvalue weighted by molar-refractivity contribution is 5.27. The Balaban J connectivity index is 2.05. The monoisotopic (exact) mass is 313 g/mol. The Bertz CT molecular complexity index is 485. The summed E-state index contributed by atoms with van der Waals surface area (Å²) in [6, 6.07) is 0.138. The molecule has 3 nitrogen and oxygen atoms in total. The van der Waals surface area contributed by atoms with E-state index in [0.717, 1.165) is 6.20 Å². The van der Waals surface area contributed by atoms with Crippen LogP contribution in [-0.2, 0) is 6.18 Å². The molecule has 1 aromatic heterocycles. The molecule has 1 fully saturated rings. The fourth-order valence-corrected chi connectivity index (χ4v) is 2.39. The molecule has 0 spiro atoms. The first-order valence-electron chi connectivity index (χ1n) is 6.40. The van der Waals surface area contributed by atoms with E-state index in [1.807, 2.05) is 0 Å². The number of nitrogens with one attached hydrogen (secondary N) is 1. The lowest BCUT2D eigenvalue weighted by atomic mass is 9.85. The summed E-state index contributed by atoms with van der Waals surface area (Å²) in [6.07, 6.45) is -7.28. The first kappa shape index (κ1) is 15.8. The van der Waals surface area contributed by atoms with Crippen LogP contribution in [0, 0.1) is 5.92 Å². The molecule has 0 unspecified atom stereocenters. The molecule has 0 radical (unpaired) electrons. The van der Waals surface area contributed by atoms with E-state index >= 15 is 0 Å². The van der Waals surface area contributed by atoms with Gasteiger partial charge in [-0.25, -0.2) is 9.97 Å². The third kappa shape index (κ3) is 4.21. The smallest absolute Gasteiger partial charge is 0.351 e. The van der Waals surface area contributed by atoms with E-state index in [1.54, 1.807) is 0 Å². The minimum atomic E-state index is -4.61. The highest BCUT2D eigenvalue weighted by Crippen LogP contribution is 2.38. The topological polar surface area (TPSA) is 37.8 Å². The van der Waals surface area contributed by atoms with Gasteiger partial charge in [-0.1, -0.05) is 6.42 Å². The van der Waals surface area contributed by atoms with Crippen molar-refractivity contribution in [2.75, 3.05) is 5.32 Å². The molecule has 0 aromatic carbocycles. The van der Waals surface area contributed by atoms with Crippen LogP contribution in [0.5, 0.6) is 0 Å². The lowest BCUT2D eigenvalue weighted by Crippen LogP contribution is -2.35. The van der Waals surface area contributed by atoms with Crippen molar-refractivity contribution < 1.29 is 26.3 Å². The van der Waals surface area contributed by atoms with Crippen LogP contribution in [0.3, 0.4) is 0 Å². The third-order valence-corrected chi connectivity index (χ3v) is 3.42. The second-order valence-corrected chi connectivity index (χ2v) is 5.01. The normalized spacial score (nSPS) is 23.9. The zero-order chi connectivity index (χ0) is 15.7. The molecule has 1 aromatic rings. The van der Waals surface area contributed by atoms with Crippen LogP contribution >= 0.6 is 0 Å². The van der Waals surface area contributed by atoms with Crippen LogP contribution in [0.15, 0.2) is 12.3 Å². The fraction of sp³-hybridized carbons (Fsp3) is 0.667. The van der Waals surface area contributed by atoms with Crippen molar-refractivity contribution in [2.24, 2.45) is 5.92 Å². The van der Waals surface area contributed by atoms with Crippen molar-refractivity contribution in [1.82, 2.24) is 9.97 Å². The molecular formula is C12H13F6N3. The zero-order valence-corrected chi connectivity index (χ0v) is 10.8. The summed E-state index contributed by atoms with van der Waals surface area (Å²) in [5.74, 6) is -1.73. The largest absolute Gasteiger partial charge is 0.433 e. The third-order valence-electron chi connectivity index (χ3n) is 3.42. The van der Waals surface area contributed by atoms with Crippen LogP contribution in [0.25, 0.3) is 0 Å². The molecule has 1 aliphatic carbocycles. The summed E-state index contributed by atoms with van der Waals surface area (Å²) in [6.45, 7) is 0. The van der Waals surface area contributed by atoms with E-state index in [2.05, 4.69) is 15.3 Å². The summed E-state index contributed by atoms with van der Waals surface area (Å²) in [5, 5.41) is 2.57. The fourth-order valence-electron chi connectivity index (χ4n) is 2.39. The maximum absolute atomic E-state index is 12.7. The molecule has 2 rings (SSSR count). The van der Waals surface area contributed by atoms with Gasteiger partial charge in [-0.2, -0.15) is 26.3 Å². The Hall–Kier alpha value is -1.54. The van der Waals surface area contributed by atoms with E-state index in [-0.39, 0.29) is 18.8 Å². The molecule has 1 N–H and O–H groups in total. The maximum atomic E-state index is 12.7. The number of nitrogens with zero attached hydrogens (tertiary/aromatic N) is 2. The Morgan fingerprint density at radius 1 is 1.10 bits per heavy atom. The van der Waals surface area contributed by atoms with E-state index in [1.165, 1.54) is 0 Å². The molecule has 2 atom stereocenters. The van der Waals surface area contributed by atoms with Crippen LogP contribution in [0.4, 0.5) is 32.3 Å². The Morgan fingerprint density at radius 3 is 2.43 bits per heavy atom. The second kappa shape index (κ2) is 5.69. The van der Waals surface area contributed by atoms with Gasteiger partial charge in [0.05, 0.1) is 5.92 Å². The van der Waals surface area contributed by atoms with Gasteiger partial charge in [-0.3, -0.25) is 0 Å². The molecule has 1 saturated carbocycles. The van der Waals surface area contributed by atoms with Gasteiger partial charge in [0.2, 0.25) is 5.95 Å². The van der Waals surface area contributed by atoms with Gasteiger partial charge in [-0.05, 0) is 25.3 Å². The van der Waals surface area contributed by atoms with Crippen molar-refractivity contribution >= 4 is 5.95 Å². The minimum Gasteiger partial charge on any atom is -0.351 e. The molecule has 0 saturated heterocycles. The first-order chi connectivity index (χ1) is 9.66. The molecular weight excluding hydrogens is 300 g/mol. The molecule has 118 valence electrons. The van der Waals surface area contributed by atoms with Gasteiger partial charge in [0.1, 0.15) is 5.69 Å². The Kier molecular flexibility index (Phi) is 4.29. The van der Waals surface area contributed by atoms with Gasteiger partial charge in [0.15, 0.2) is 0 Å².